The van der Waals surface area contributed by atoms with Crippen LogP contribution in [0.3, 0.4) is 0 Å². The van der Waals surface area contributed by atoms with Crippen LogP contribution in [0.25, 0.3) is 0 Å². The van der Waals surface area contributed by atoms with Gasteiger partial charge in [0.1, 0.15) is 0 Å². The lowest BCUT2D eigenvalue weighted by atomic mass is 10.4. The van der Waals surface area contributed by atoms with Gasteiger partial charge in [0, 0.05) is 12.2 Å². The maximum Gasteiger partial charge on any atom is 0.336 e. The van der Waals surface area contributed by atoms with E-state index in [-0.39, 0.29) is 6.03 Å². The van der Waals surface area contributed by atoms with Crippen molar-refractivity contribution in [3.05, 3.63) is 11.8 Å². The lowest BCUT2D eigenvalue weighted by Gasteiger charge is -2.21. The zero-order valence-electron chi connectivity index (χ0n) is 5.22. The standard InChI is InChI=1S/C5H9N3O/c1-4-2-3-7-5(9)8(4)6/h2H,3,6H2,1H3,(H,7,9). The van der Waals surface area contributed by atoms with Gasteiger partial charge < -0.3 is 5.32 Å². The number of nitrogens with zero attached hydrogens (tertiary/aromatic N) is 1. The predicted octanol–water partition coefficient (Wildman–Crippen LogP) is -0.211. The van der Waals surface area contributed by atoms with Gasteiger partial charge in [0.25, 0.3) is 0 Å². The molecule has 50 valence electrons. The number of nitrogens with one attached hydrogen (secondary N) is 1. The molecule has 0 aliphatic carbocycles. The Kier molecular flexibility index (Phi) is 1.40. The van der Waals surface area contributed by atoms with E-state index in [2.05, 4.69) is 5.32 Å². The number of amides is 2. The number of hydrogen-bond acceptors (Lipinski definition) is 2. The van der Waals surface area contributed by atoms with Gasteiger partial charge in [0.05, 0.1) is 0 Å². The maximum atomic E-state index is 10.7. The Bertz CT molecular complexity index is 164. The van der Waals surface area contributed by atoms with E-state index in [1.807, 2.05) is 6.08 Å². The SMILES string of the molecule is CC1=CCNC(=O)N1N. The van der Waals surface area contributed by atoms with Crippen molar-refractivity contribution in [3.8, 4) is 0 Å². The third-order valence-electron chi connectivity index (χ3n) is 1.25. The molecule has 0 saturated heterocycles. The number of carbonyl (C=O) groups is 1. The molecule has 3 N–H and O–H groups in total. The highest BCUT2D eigenvalue weighted by Gasteiger charge is 2.12. The van der Waals surface area contributed by atoms with Crippen molar-refractivity contribution >= 4 is 6.03 Å². The van der Waals surface area contributed by atoms with E-state index in [4.69, 9.17) is 5.84 Å². The van der Waals surface area contributed by atoms with Crippen molar-refractivity contribution < 1.29 is 4.79 Å². The predicted molar refractivity (Wildman–Crippen MR) is 33.2 cm³/mol. The molecule has 2 amide bonds. The fourth-order valence-electron chi connectivity index (χ4n) is 0.630. The first kappa shape index (κ1) is 6.10. The fourth-order valence-corrected chi connectivity index (χ4v) is 0.630. The van der Waals surface area contributed by atoms with E-state index >= 15 is 0 Å². The molecule has 0 aromatic carbocycles. The van der Waals surface area contributed by atoms with Crippen LogP contribution in [0.2, 0.25) is 0 Å². The van der Waals surface area contributed by atoms with Crippen LogP contribution in [0.4, 0.5) is 4.79 Å². The minimum atomic E-state index is -0.241. The van der Waals surface area contributed by atoms with Crippen LogP contribution in [-0.2, 0) is 0 Å². The van der Waals surface area contributed by atoms with Gasteiger partial charge in [-0.05, 0) is 13.0 Å². The minimum Gasteiger partial charge on any atom is -0.333 e. The van der Waals surface area contributed by atoms with Crippen molar-refractivity contribution in [2.24, 2.45) is 5.84 Å². The van der Waals surface area contributed by atoms with Gasteiger partial charge in [0.15, 0.2) is 0 Å². The summed E-state index contributed by atoms with van der Waals surface area (Å²) in [4.78, 5) is 10.7. The minimum absolute atomic E-state index is 0.241. The Balaban J connectivity index is 2.74. The number of allylic oxidation sites excluding steroid dienone is 1. The molecule has 1 heterocycles. The van der Waals surface area contributed by atoms with Crippen LogP contribution < -0.4 is 11.2 Å². The summed E-state index contributed by atoms with van der Waals surface area (Å²) < 4.78 is 0. The number of nitrogens with two attached hydrogens (primary N) is 1. The summed E-state index contributed by atoms with van der Waals surface area (Å²) in [5, 5.41) is 3.63. The smallest absolute Gasteiger partial charge is 0.333 e. The fraction of sp³-hybridized carbons (Fsp3) is 0.400. The van der Waals surface area contributed by atoms with E-state index in [1.165, 1.54) is 0 Å². The van der Waals surface area contributed by atoms with Crippen molar-refractivity contribution in [1.29, 1.82) is 0 Å². The molecule has 0 spiro atoms. The molecule has 0 saturated carbocycles. The number of hydrazine groups is 1. The topological polar surface area (TPSA) is 58.4 Å². The molecule has 1 aliphatic heterocycles. The van der Waals surface area contributed by atoms with E-state index in [9.17, 15) is 4.79 Å². The molecule has 0 radical (unpaired) electrons. The van der Waals surface area contributed by atoms with Crippen molar-refractivity contribution in [2.45, 2.75) is 6.92 Å². The van der Waals surface area contributed by atoms with Crippen LogP contribution in [0.5, 0.6) is 0 Å². The molecule has 1 aliphatic rings. The second-order valence-electron chi connectivity index (χ2n) is 1.90. The Morgan fingerprint density at radius 1 is 1.89 bits per heavy atom. The van der Waals surface area contributed by atoms with Crippen molar-refractivity contribution in [3.63, 3.8) is 0 Å². The third kappa shape index (κ3) is 1.02. The van der Waals surface area contributed by atoms with Crippen LogP contribution in [0.15, 0.2) is 11.8 Å². The first-order chi connectivity index (χ1) is 4.22. The largest absolute Gasteiger partial charge is 0.336 e. The van der Waals surface area contributed by atoms with E-state index in [0.717, 1.165) is 10.7 Å². The Labute approximate surface area is 53.3 Å². The summed E-state index contributed by atoms with van der Waals surface area (Å²) in [5.41, 5.74) is 0.791. The number of carbonyl (C=O) groups excluding carboxylic acids is 1. The molecule has 0 aromatic heterocycles. The van der Waals surface area contributed by atoms with Crippen LogP contribution in [0.1, 0.15) is 6.92 Å². The first-order valence-electron chi connectivity index (χ1n) is 2.71. The second kappa shape index (κ2) is 2.06. The van der Waals surface area contributed by atoms with Crippen LogP contribution in [-0.4, -0.2) is 17.6 Å². The lowest BCUT2D eigenvalue weighted by Crippen LogP contribution is -2.46. The molecule has 4 heteroatoms. The number of rotatable bonds is 0. The van der Waals surface area contributed by atoms with E-state index in [1.54, 1.807) is 6.92 Å². The monoisotopic (exact) mass is 127 g/mol. The molecule has 0 unspecified atom stereocenters. The molecular weight excluding hydrogens is 118 g/mol. The molecule has 0 fully saturated rings. The molecular formula is C5H9N3O. The Morgan fingerprint density at radius 3 is 3.00 bits per heavy atom. The van der Waals surface area contributed by atoms with Crippen molar-refractivity contribution in [2.75, 3.05) is 6.54 Å². The molecule has 4 nitrogen and oxygen atoms in total. The normalized spacial score (nSPS) is 19.1. The molecule has 9 heavy (non-hydrogen) atoms. The van der Waals surface area contributed by atoms with Crippen LogP contribution >= 0.6 is 0 Å². The van der Waals surface area contributed by atoms with Gasteiger partial charge in [0.2, 0.25) is 0 Å². The summed E-state index contributed by atoms with van der Waals surface area (Å²) in [7, 11) is 0. The van der Waals surface area contributed by atoms with E-state index < -0.39 is 0 Å². The third-order valence-corrected chi connectivity index (χ3v) is 1.25. The summed E-state index contributed by atoms with van der Waals surface area (Å²) in [5.74, 6) is 5.27. The van der Waals surface area contributed by atoms with Gasteiger partial charge in [-0.2, -0.15) is 0 Å². The average molecular weight is 127 g/mol. The molecule has 0 aromatic rings. The van der Waals surface area contributed by atoms with Gasteiger partial charge >= 0.3 is 6.03 Å². The molecule has 0 atom stereocenters. The highest BCUT2D eigenvalue weighted by molar-refractivity contribution is 5.76. The zero-order valence-corrected chi connectivity index (χ0v) is 5.22. The Morgan fingerprint density at radius 2 is 2.56 bits per heavy atom. The Hall–Kier alpha value is -1.03. The maximum absolute atomic E-state index is 10.7. The average Bonchev–Trinajstić information content (AvgIpc) is 1.83. The number of urea groups is 1. The van der Waals surface area contributed by atoms with Gasteiger partial charge in [-0.25, -0.2) is 15.6 Å². The van der Waals surface area contributed by atoms with Crippen molar-refractivity contribution in [1.82, 2.24) is 10.3 Å². The summed E-state index contributed by atoms with van der Waals surface area (Å²) in [6.45, 7) is 2.37. The number of hydrogen-bond donors (Lipinski definition) is 2. The molecule has 1 rings (SSSR count). The quantitative estimate of drug-likeness (QED) is 0.349. The summed E-state index contributed by atoms with van der Waals surface area (Å²) in [6.07, 6.45) is 1.85. The van der Waals surface area contributed by atoms with Gasteiger partial charge in [-0.15, -0.1) is 0 Å². The van der Waals surface area contributed by atoms with Gasteiger partial charge in [-0.3, -0.25) is 0 Å². The second-order valence-corrected chi connectivity index (χ2v) is 1.90. The highest BCUT2D eigenvalue weighted by Crippen LogP contribution is 2.00. The molecule has 0 bridgehead atoms. The summed E-state index contributed by atoms with van der Waals surface area (Å²) >= 11 is 0. The highest BCUT2D eigenvalue weighted by atomic mass is 16.2. The first-order valence-corrected chi connectivity index (χ1v) is 2.71. The van der Waals surface area contributed by atoms with E-state index in [0.29, 0.717) is 6.54 Å². The van der Waals surface area contributed by atoms with Crippen LogP contribution in [0, 0.1) is 0 Å². The zero-order chi connectivity index (χ0) is 6.85. The summed E-state index contributed by atoms with van der Waals surface area (Å²) in [6, 6.07) is -0.241. The van der Waals surface area contributed by atoms with Gasteiger partial charge in [-0.1, -0.05) is 0 Å². The lowest BCUT2D eigenvalue weighted by molar-refractivity contribution is 0.210.